The van der Waals surface area contributed by atoms with Crippen molar-refractivity contribution in [2.45, 2.75) is 25.7 Å². The Hall–Kier alpha value is -2.33. The molecule has 1 atom stereocenters. The Kier molecular flexibility index (Phi) is 6.29. The highest BCUT2D eigenvalue weighted by molar-refractivity contribution is 6.30. The standard InChI is InChI=1S/C21H23ClN2O2/c22-18-8-4-6-16(14-18)11-12-20(25)24-13-5-7-17(15-24)21(26)23-19-9-2-1-3-10-19/h1-4,6,8-10,14,17H,5,7,11-13,15H2,(H,23,26). The number of hydrogen-bond donors (Lipinski definition) is 1. The predicted octanol–water partition coefficient (Wildman–Crippen LogP) is 4.15. The number of para-hydroxylation sites is 1. The summed E-state index contributed by atoms with van der Waals surface area (Å²) in [6.45, 7) is 1.22. The third-order valence-corrected chi connectivity index (χ3v) is 4.94. The van der Waals surface area contributed by atoms with Gasteiger partial charge in [0.25, 0.3) is 0 Å². The lowest BCUT2D eigenvalue weighted by Crippen LogP contribution is -2.43. The second kappa shape index (κ2) is 8.86. The van der Waals surface area contributed by atoms with Gasteiger partial charge in [0.15, 0.2) is 0 Å². The lowest BCUT2D eigenvalue weighted by Gasteiger charge is -2.32. The van der Waals surface area contributed by atoms with E-state index in [0.29, 0.717) is 24.4 Å². The highest BCUT2D eigenvalue weighted by Crippen LogP contribution is 2.20. The predicted molar refractivity (Wildman–Crippen MR) is 104 cm³/mol. The summed E-state index contributed by atoms with van der Waals surface area (Å²) in [6.07, 6.45) is 2.77. The van der Waals surface area contributed by atoms with Crippen molar-refractivity contribution in [1.29, 1.82) is 0 Å². The Morgan fingerprint density at radius 2 is 1.92 bits per heavy atom. The van der Waals surface area contributed by atoms with Gasteiger partial charge in [-0.05, 0) is 49.1 Å². The molecule has 1 N–H and O–H groups in total. The fourth-order valence-electron chi connectivity index (χ4n) is 3.29. The molecular formula is C21H23ClN2O2. The van der Waals surface area contributed by atoms with Gasteiger partial charge in [0.2, 0.25) is 11.8 Å². The summed E-state index contributed by atoms with van der Waals surface area (Å²) in [5, 5.41) is 3.63. The van der Waals surface area contributed by atoms with Gasteiger partial charge in [-0.1, -0.05) is 41.9 Å². The van der Waals surface area contributed by atoms with Crippen LogP contribution in [0.1, 0.15) is 24.8 Å². The van der Waals surface area contributed by atoms with Crippen LogP contribution in [0.4, 0.5) is 5.69 Å². The molecule has 0 spiro atoms. The SMILES string of the molecule is O=C(Nc1ccccc1)C1CCCN(C(=O)CCc2cccc(Cl)c2)C1. The normalized spacial score (nSPS) is 17.0. The van der Waals surface area contributed by atoms with Crippen molar-refractivity contribution in [3.05, 3.63) is 65.2 Å². The number of carbonyl (C=O) groups excluding carboxylic acids is 2. The van der Waals surface area contributed by atoms with Crippen molar-refractivity contribution in [2.24, 2.45) is 5.92 Å². The van der Waals surface area contributed by atoms with Crippen LogP contribution in [-0.4, -0.2) is 29.8 Å². The maximum Gasteiger partial charge on any atom is 0.229 e. The lowest BCUT2D eigenvalue weighted by molar-refractivity contribution is -0.134. The van der Waals surface area contributed by atoms with Crippen molar-refractivity contribution < 1.29 is 9.59 Å². The quantitative estimate of drug-likeness (QED) is 0.859. The topological polar surface area (TPSA) is 49.4 Å². The van der Waals surface area contributed by atoms with E-state index >= 15 is 0 Å². The molecule has 1 aliphatic rings. The van der Waals surface area contributed by atoms with Gasteiger partial charge in [-0.15, -0.1) is 0 Å². The third kappa shape index (κ3) is 5.09. The summed E-state index contributed by atoms with van der Waals surface area (Å²) in [5.74, 6) is -0.0650. The van der Waals surface area contributed by atoms with Gasteiger partial charge in [0, 0.05) is 30.2 Å². The van der Waals surface area contributed by atoms with E-state index in [1.54, 1.807) is 0 Å². The van der Waals surface area contributed by atoms with E-state index in [1.165, 1.54) is 0 Å². The van der Waals surface area contributed by atoms with Gasteiger partial charge < -0.3 is 10.2 Å². The van der Waals surface area contributed by atoms with Crippen LogP contribution in [0.5, 0.6) is 0 Å². The number of piperidine rings is 1. The molecule has 2 aromatic rings. The third-order valence-electron chi connectivity index (χ3n) is 4.70. The van der Waals surface area contributed by atoms with E-state index in [9.17, 15) is 9.59 Å². The minimum atomic E-state index is -0.154. The van der Waals surface area contributed by atoms with Gasteiger partial charge in [-0.2, -0.15) is 0 Å². The number of benzene rings is 2. The lowest BCUT2D eigenvalue weighted by atomic mass is 9.96. The molecule has 1 aliphatic heterocycles. The molecule has 2 aromatic carbocycles. The van der Waals surface area contributed by atoms with Crippen LogP contribution >= 0.6 is 11.6 Å². The monoisotopic (exact) mass is 370 g/mol. The first-order valence-electron chi connectivity index (χ1n) is 9.00. The highest BCUT2D eigenvalue weighted by Gasteiger charge is 2.28. The van der Waals surface area contributed by atoms with Crippen molar-refractivity contribution in [3.63, 3.8) is 0 Å². The molecule has 2 amide bonds. The number of halogens is 1. The number of likely N-dealkylation sites (tertiary alicyclic amines) is 1. The molecule has 4 nitrogen and oxygen atoms in total. The molecule has 0 aromatic heterocycles. The fourth-order valence-corrected chi connectivity index (χ4v) is 3.50. The van der Waals surface area contributed by atoms with Crippen LogP contribution in [0, 0.1) is 5.92 Å². The Balaban J connectivity index is 1.52. The average Bonchev–Trinajstić information content (AvgIpc) is 2.67. The van der Waals surface area contributed by atoms with Crippen molar-refractivity contribution in [1.82, 2.24) is 4.90 Å². The van der Waals surface area contributed by atoms with Gasteiger partial charge in [0.1, 0.15) is 0 Å². The maximum atomic E-state index is 12.5. The minimum Gasteiger partial charge on any atom is -0.342 e. The summed E-state index contributed by atoms with van der Waals surface area (Å²) in [5.41, 5.74) is 1.85. The van der Waals surface area contributed by atoms with Gasteiger partial charge in [-0.3, -0.25) is 9.59 Å². The zero-order chi connectivity index (χ0) is 18.4. The van der Waals surface area contributed by atoms with Crippen LogP contribution < -0.4 is 5.32 Å². The maximum absolute atomic E-state index is 12.5. The van der Waals surface area contributed by atoms with Crippen LogP contribution in [0.25, 0.3) is 0 Å². The van der Waals surface area contributed by atoms with Crippen molar-refractivity contribution >= 4 is 29.1 Å². The number of rotatable bonds is 5. The number of nitrogens with zero attached hydrogens (tertiary/aromatic N) is 1. The van der Waals surface area contributed by atoms with Crippen LogP contribution in [-0.2, 0) is 16.0 Å². The van der Waals surface area contributed by atoms with E-state index in [2.05, 4.69) is 5.32 Å². The summed E-state index contributed by atoms with van der Waals surface area (Å²) >= 11 is 5.99. The Bertz CT molecular complexity index is 764. The van der Waals surface area contributed by atoms with E-state index in [1.807, 2.05) is 59.5 Å². The van der Waals surface area contributed by atoms with Gasteiger partial charge >= 0.3 is 0 Å². The molecule has 5 heteroatoms. The molecule has 1 unspecified atom stereocenters. The molecule has 3 rings (SSSR count). The first-order valence-corrected chi connectivity index (χ1v) is 9.38. The van der Waals surface area contributed by atoms with E-state index in [0.717, 1.165) is 30.6 Å². The largest absolute Gasteiger partial charge is 0.342 e. The molecule has 0 bridgehead atoms. The molecule has 0 radical (unpaired) electrons. The number of carbonyl (C=O) groups is 2. The molecule has 0 aliphatic carbocycles. The van der Waals surface area contributed by atoms with Crippen molar-refractivity contribution in [3.8, 4) is 0 Å². The average molecular weight is 371 g/mol. The molecule has 136 valence electrons. The summed E-state index contributed by atoms with van der Waals surface area (Å²) < 4.78 is 0. The second-order valence-corrected chi connectivity index (χ2v) is 7.10. The molecule has 1 heterocycles. The first kappa shape index (κ1) is 18.5. The van der Waals surface area contributed by atoms with Crippen LogP contribution in [0.2, 0.25) is 5.02 Å². The van der Waals surface area contributed by atoms with E-state index < -0.39 is 0 Å². The Morgan fingerprint density at radius 3 is 2.69 bits per heavy atom. The molecule has 1 saturated heterocycles. The summed E-state index contributed by atoms with van der Waals surface area (Å²) in [4.78, 5) is 26.9. The highest BCUT2D eigenvalue weighted by atomic mass is 35.5. The molecule has 1 fully saturated rings. The Morgan fingerprint density at radius 1 is 1.12 bits per heavy atom. The van der Waals surface area contributed by atoms with E-state index in [4.69, 9.17) is 11.6 Å². The number of amides is 2. The van der Waals surface area contributed by atoms with E-state index in [-0.39, 0.29) is 17.7 Å². The van der Waals surface area contributed by atoms with Gasteiger partial charge in [-0.25, -0.2) is 0 Å². The Labute approximate surface area is 159 Å². The second-order valence-electron chi connectivity index (χ2n) is 6.66. The summed E-state index contributed by atoms with van der Waals surface area (Å²) in [6, 6.07) is 17.0. The molecule has 0 saturated carbocycles. The zero-order valence-corrected chi connectivity index (χ0v) is 15.4. The van der Waals surface area contributed by atoms with Crippen LogP contribution in [0.3, 0.4) is 0 Å². The van der Waals surface area contributed by atoms with Crippen molar-refractivity contribution in [2.75, 3.05) is 18.4 Å². The number of aryl methyl sites for hydroxylation is 1. The zero-order valence-electron chi connectivity index (χ0n) is 14.7. The first-order chi connectivity index (χ1) is 12.6. The van der Waals surface area contributed by atoms with Crippen LogP contribution in [0.15, 0.2) is 54.6 Å². The summed E-state index contributed by atoms with van der Waals surface area (Å²) in [7, 11) is 0. The molecular weight excluding hydrogens is 348 g/mol. The minimum absolute atomic E-state index is 0.0106. The molecule has 26 heavy (non-hydrogen) atoms. The number of hydrogen-bond acceptors (Lipinski definition) is 2. The number of anilines is 1. The number of nitrogens with one attached hydrogen (secondary N) is 1. The fraction of sp³-hybridized carbons (Fsp3) is 0.333. The smallest absolute Gasteiger partial charge is 0.229 e. The van der Waals surface area contributed by atoms with Gasteiger partial charge in [0.05, 0.1) is 5.92 Å².